The van der Waals surface area contributed by atoms with E-state index in [1.807, 2.05) is 0 Å². The molecule has 0 unspecified atom stereocenters. The fourth-order valence-corrected chi connectivity index (χ4v) is 4.86. The van der Waals surface area contributed by atoms with Crippen LogP contribution in [0.1, 0.15) is 129 Å². The van der Waals surface area contributed by atoms with Crippen molar-refractivity contribution in [3.8, 4) is 0 Å². The van der Waals surface area contributed by atoms with E-state index in [2.05, 4.69) is 34.9 Å². The third kappa shape index (κ3) is 5.36. The highest BCUT2D eigenvalue weighted by Gasteiger charge is 2.42. The SMILES string of the molecule is CCCCCCCCn1c2c([n+](CCCCCCCC)c1C)C(=O)c1ccncc1C2=O. The number of aromatic nitrogens is 3. The normalized spacial score (nSPS) is 12.8. The molecule has 5 nitrogen and oxygen atoms in total. The Morgan fingerprint density at radius 2 is 1.44 bits per heavy atom. The Bertz CT molecular complexity index is 857. The van der Waals surface area contributed by atoms with E-state index in [1.54, 1.807) is 18.5 Å². The van der Waals surface area contributed by atoms with Gasteiger partial charge in [-0.2, -0.15) is 0 Å². The van der Waals surface area contributed by atoms with Gasteiger partial charge in [-0.1, -0.05) is 65.2 Å². The van der Waals surface area contributed by atoms with Crippen molar-refractivity contribution < 1.29 is 14.2 Å². The zero-order chi connectivity index (χ0) is 22.9. The fourth-order valence-electron chi connectivity index (χ4n) is 4.86. The molecule has 174 valence electrons. The molecular formula is C27H40N3O2+. The first kappa shape index (κ1) is 24.3. The molecule has 5 heteroatoms. The summed E-state index contributed by atoms with van der Waals surface area (Å²) in [5, 5.41) is 0. The maximum atomic E-state index is 13.4. The van der Waals surface area contributed by atoms with Crippen LogP contribution in [0.25, 0.3) is 0 Å². The number of pyridine rings is 1. The standard InChI is InChI=1S/C27H40N3O2/c1-4-6-8-10-12-14-18-29-21(3)30(19-15-13-11-9-7-5-2)25-24(29)26(31)22-16-17-28-20-23(22)27(25)32/h16-17,20H,4-15,18-19H2,1-3H3/q+1. The molecule has 2 aromatic heterocycles. The zero-order valence-electron chi connectivity index (χ0n) is 20.3. The number of imidazole rings is 1. The molecule has 0 radical (unpaired) electrons. The Labute approximate surface area is 193 Å². The molecule has 0 aromatic carbocycles. The number of hydrogen-bond donors (Lipinski definition) is 0. The first-order valence-electron chi connectivity index (χ1n) is 12.8. The Balaban J connectivity index is 1.83. The molecule has 0 amide bonds. The topological polar surface area (TPSA) is 55.8 Å². The summed E-state index contributed by atoms with van der Waals surface area (Å²) >= 11 is 0. The van der Waals surface area contributed by atoms with Gasteiger partial charge in [-0.15, -0.1) is 0 Å². The van der Waals surface area contributed by atoms with Crippen molar-refractivity contribution in [3.63, 3.8) is 0 Å². The number of hydrogen-bond acceptors (Lipinski definition) is 3. The summed E-state index contributed by atoms with van der Waals surface area (Å²) in [6, 6.07) is 1.69. The number of carbonyl (C=O) groups excluding carboxylic acids is 2. The van der Waals surface area contributed by atoms with E-state index < -0.39 is 0 Å². The van der Waals surface area contributed by atoms with E-state index in [4.69, 9.17) is 0 Å². The summed E-state index contributed by atoms with van der Waals surface area (Å²) in [5.41, 5.74) is 2.10. The average Bonchev–Trinajstić information content (AvgIpc) is 3.08. The van der Waals surface area contributed by atoms with Gasteiger partial charge in [0.25, 0.3) is 5.82 Å². The molecule has 3 rings (SSSR count). The maximum absolute atomic E-state index is 13.4. The van der Waals surface area contributed by atoms with Crippen molar-refractivity contribution in [2.45, 2.75) is 111 Å². The second-order valence-electron chi connectivity index (χ2n) is 9.16. The number of ketones is 2. The Kier molecular flexibility index (Phi) is 9.19. The van der Waals surface area contributed by atoms with Crippen LogP contribution in [-0.2, 0) is 13.1 Å². The molecule has 1 aliphatic rings. The zero-order valence-corrected chi connectivity index (χ0v) is 20.3. The van der Waals surface area contributed by atoms with Gasteiger partial charge in [0.05, 0.1) is 18.7 Å². The van der Waals surface area contributed by atoms with Gasteiger partial charge in [-0.05, 0) is 31.7 Å². The molecule has 0 saturated heterocycles. The molecule has 32 heavy (non-hydrogen) atoms. The fraction of sp³-hybridized carbons (Fsp3) is 0.630. The number of fused-ring (bicyclic) bond motifs is 2. The Morgan fingerprint density at radius 3 is 2.12 bits per heavy atom. The van der Waals surface area contributed by atoms with Crippen LogP contribution in [0.5, 0.6) is 0 Å². The highest BCUT2D eigenvalue weighted by molar-refractivity contribution is 6.26. The largest absolute Gasteiger partial charge is 0.284 e. The number of rotatable bonds is 14. The Morgan fingerprint density at radius 1 is 0.812 bits per heavy atom. The highest BCUT2D eigenvalue weighted by Crippen LogP contribution is 2.27. The molecule has 0 saturated carbocycles. The van der Waals surface area contributed by atoms with Crippen molar-refractivity contribution in [2.75, 3.05) is 0 Å². The molecule has 0 atom stereocenters. The van der Waals surface area contributed by atoms with Gasteiger partial charge in [-0.3, -0.25) is 14.6 Å². The second kappa shape index (κ2) is 12.1. The molecular weight excluding hydrogens is 398 g/mol. The minimum Gasteiger partial charge on any atom is -0.284 e. The van der Waals surface area contributed by atoms with Gasteiger partial charge < -0.3 is 0 Å². The van der Waals surface area contributed by atoms with Crippen LogP contribution in [0.2, 0.25) is 0 Å². The minimum absolute atomic E-state index is 0.0345. The van der Waals surface area contributed by atoms with Crippen molar-refractivity contribution in [1.82, 2.24) is 9.55 Å². The van der Waals surface area contributed by atoms with E-state index >= 15 is 0 Å². The quantitative estimate of drug-likeness (QED) is 0.230. The summed E-state index contributed by atoms with van der Waals surface area (Å²) in [7, 11) is 0. The van der Waals surface area contributed by atoms with Gasteiger partial charge in [0.15, 0.2) is 0 Å². The molecule has 0 N–H and O–H groups in total. The van der Waals surface area contributed by atoms with Gasteiger partial charge >= 0.3 is 0 Å². The lowest BCUT2D eigenvalue weighted by Gasteiger charge is -2.12. The molecule has 2 aromatic rings. The third-order valence-electron chi connectivity index (χ3n) is 6.76. The summed E-state index contributed by atoms with van der Waals surface area (Å²) < 4.78 is 4.23. The van der Waals surface area contributed by atoms with E-state index in [0.717, 1.165) is 44.6 Å². The van der Waals surface area contributed by atoms with Crippen molar-refractivity contribution >= 4 is 11.6 Å². The number of unbranched alkanes of at least 4 members (excludes halogenated alkanes) is 10. The van der Waals surface area contributed by atoms with Crippen LogP contribution >= 0.6 is 0 Å². The van der Waals surface area contributed by atoms with Crippen LogP contribution in [-0.4, -0.2) is 21.1 Å². The lowest BCUT2D eigenvalue weighted by molar-refractivity contribution is -0.704. The smallest absolute Gasteiger partial charge is 0.254 e. The van der Waals surface area contributed by atoms with Crippen molar-refractivity contribution in [3.05, 3.63) is 46.8 Å². The first-order chi connectivity index (χ1) is 15.6. The van der Waals surface area contributed by atoms with E-state index in [0.29, 0.717) is 22.5 Å². The molecule has 0 aliphatic heterocycles. The predicted octanol–water partition coefficient (Wildman–Crippen LogP) is 5.98. The minimum atomic E-state index is -0.0570. The molecule has 2 heterocycles. The predicted molar refractivity (Wildman–Crippen MR) is 127 cm³/mol. The van der Waals surface area contributed by atoms with Gasteiger partial charge in [0.1, 0.15) is 0 Å². The van der Waals surface area contributed by atoms with Gasteiger partial charge in [-0.25, -0.2) is 9.13 Å². The van der Waals surface area contributed by atoms with Crippen LogP contribution in [0.4, 0.5) is 0 Å². The molecule has 0 spiro atoms. The number of nitrogens with zero attached hydrogens (tertiary/aromatic N) is 3. The summed E-state index contributed by atoms with van der Waals surface area (Å²) in [5.74, 6) is 0.936. The van der Waals surface area contributed by atoms with E-state index in [-0.39, 0.29) is 11.6 Å². The average molecular weight is 439 g/mol. The lowest BCUT2D eigenvalue weighted by Crippen LogP contribution is -2.43. The molecule has 0 fully saturated rings. The first-order valence-corrected chi connectivity index (χ1v) is 12.8. The second-order valence-corrected chi connectivity index (χ2v) is 9.16. The monoisotopic (exact) mass is 438 g/mol. The van der Waals surface area contributed by atoms with Crippen LogP contribution in [0.3, 0.4) is 0 Å². The van der Waals surface area contributed by atoms with Crippen molar-refractivity contribution in [2.24, 2.45) is 0 Å². The number of carbonyl (C=O) groups is 2. The lowest BCUT2D eigenvalue weighted by atomic mass is 9.91. The molecule has 1 aliphatic carbocycles. The maximum Gasteiger partial charge on any atom is 0.254 e. The van der Waals surface area contributed by atoms with E-state index in [1.165, 1.54) is 51.4 Å². The Hall–Kier alpha value is -2.30. The third-order valence-corrected chi connectivity index (χ3v) is 6.76. The van der Waals surface area contributed by atoms with Crippen LogP contribution < -0.4 is 4.57 Å². The summed E-state index contributed by atoms with van der Waals surface area (Å²) in [4.78, 5) is 31.0. The highest BCUT2D eigenvalue weighted by atomic mass is 16.1. The summed E-state index contributed by atoms with van der Waals surface area (Å²) in [6.45, 7) is 8.11. The van der Waals surface area contributed by atoms with Gasteiger partial charge in [0, 0.05) is 24.9 Å². The van der Waals surface area contributed by atoms with Gasteiger partial charge in [0.2, 0.25) is 23.0 Å². The van der Waals surface area contributed by atoms with E-state index in [9.17, 15) is 9.59 Å². The van der Waals surface area contributed by atoms with Crippen LogP contribution in [0.15, 0.2) is 18.5 Å². The van der Waals surface area contributed by atoms with Crippen molar-refractivity contribution in [1.29, 1.82) is 0 Å². The molecule has 0 bridgehead atoms. The summed E-state index contributed by atoms with van der Waals surface area (Å²) in [6.07, 6.45) is 17.6. The van der Waals surface area contributed by atoms with Crippen LogP contribution in [0, 0.1) is 6.92 Å².